The van der Waals surface area contributed by atoms with Crippen LogP contribution in [0.25, 0.3) is 0 Å². The van der Waals surface area contributed by atoms with Crippen LogP contribution >= 0.6 is 0 Å². The van der Waals surface area contributed by atoms with Crippen molar-refractivity contribution in [1.29, 1.82) is 0 Å². The summed E-state index contributed by atoms with van der Waals surface area (Å²) in [5, 5.41) is 8.44. The van der Waals surface area contributed by atoms with E-state index in [1.54, 1.807) is 0 Å². The lowest BCUT2D eigenvalue weighted by Gasteiger charge is -2.25. The van der Waals surface area contributed by atoms with Gasteiger partial charge in [-0.15, -0.1) is 0 Å². The number of hydrogen-bond donors (Lipinski definition) is 2. The maximum atomic E-state index is 11.2. The Morgan fingerprint density at radius 1 is 1.42 bits per heavy atom. The third kappa shape index (κ3) is 3.08. The van der Waals surface area contributed by atoms with Gasteiger partial charge < -0.3 is 5.11 Å². The first-order valence-electron chi connectivity index (χ1n) is 4.25. The predicted molar refractivity (Wildman–Crippen MR) is 46.3 cm³/mol. The van der Waals surface area contributed by atoms with E-state index in [0.717, 1.165) is 19.3 Å². The Hall–Kier alpha value is -0.130. The Balaban J connectivity index is 2.27. The van der Waals surface area contributed by atoms with Gasteiger partial charge in [-0.1, -0.05) is 6.42 Å². The van der Waals surface area contributed by atoms with Crippen LogP contribution in [-0.2, 0) is 10.0 Å². The van der Waals surface area contributed by atoms with Gasteiger partial charge in [0.2, 0.25) is 10.0 Å². The molecule has 1 rings (SSSR count). The Labute approximate surface area is 73.0 Å². The Morgan fingerprint density at radius 2 is 2.08 bits per heavy atom. The van der Waals surface area contributed by atoms with Crippen molar-refractivity contribution in [3.05, 3.63) is 0 Å². The number of aliphatic hydroxyl groups is 1. The van der Waals surface area contributed by atoms with Crippen molar-refractivity contribution in [1.82, 2.24) is 4.72 Å². The van der Waals surface area contributed by atoms with E-state index < -0.39 is 10.0 Å². The predicted octanol–water partition coefficient (Wildman–Crippen LogP) is -0.159. The second-order valence-corrected chi connectivity index (χ2v) is 5.02. The van der Waals surface area contributed by atoms with Crippen LogP contribution in [0.2, 0.25) is 0 Å². The molecule has 0 aromatic rings. The van der Waals surface area contributed by atoms with Crippen LogP contribution in [0.5, 0.6) is 0 Å². The maximum Gasteiger partial charge on any atom is 0.211 e. The average Bonchev–Trinajstić information content (AvgIpc) is 1.94. The smallest absolute Gasteiger partial charge is 0.211 e. The highest BCUT2D eigenvalue weighted by atomic mass is 32.2. The summed E-state index contributed by atoms with van der Waals surface area (Å²) < 4.78 is 24.9. The zero-order chi connectivity index (χ0) is 9.03. The molecule has 1 aliphatic rings. The summed E-state index contributed by atoms with van der Waals surface area (Å²) in [6, 6.07) is 0.161. The summed E-state index contributed by atoms with van der Waals surface area (Å²) in [4.78, 5) is 0. The van der Waals surface area contributed by atoms with Crippen molar-refractivity contribution in [3.8, 4) is 0 Å². The fourth-order valence-corrected chi connectivity index (χ4v) is 2.46. The zero-order valence-corrected chi connectivity index (χ0v) is 7.81. The minimum Gasteiger partial charge on any atom is -0.396 e. The lowest BCUT2D eigenvalue weighted by atomic mass is 9.94. The molecule has 4 nitrogen and oxygen atoms in total. The molecule has 2 N–H and O–H groups in total. The van der Waals surface area contributed by atoms with E-state index in [1.165, 1.54) is 0 Å². The molecular weight excluding hydrogens is 178 g/mol. The molecule has 72 valence electrons. The molecule has 12 heavy (non-hydrogen) atoms. The van der Waals surface area contributed by atoms with Crippen LogP contribution < -0.4 is 4.72 Å². The summed E-state index contributed by atoms with van der Waals surface area (Å²) in [6.45, 7) is -0.0639. The van der Waals surface area contributed by atoms with Crippen LogP contribution in [0, 0.1) is 0 Å². The number of hydrogen-bond acceptors (Lipinski definition) is 3. The molecular formula is C7H15NO3S. The third-order valence-corrected chi connectivity index (χ3v) is 3.54. The summed E-state index contributed by atoms with van der Waals surface area (Å²) >= 11 is 0. The number of rotatable bonds is 5. The maximum absolute atomic E-state index is 11.2. The summed E-state index contributed by atoms with van der Waals surface area (Å²) in [7, 11) is -3.11. The van der Waals surface area contributed by atoms with Crippen LogP contribution in [0.1, 0.15) is 25.7 Å². The largest absolute Gasteiger partial charge is 0.396 e. The van der Waals surface area contributed by atoms with Gasteiger partial charge in [0.15, 0.2) is 0 Å². The van der Waals surface area contributed by atoms with Gasteiger partial charge in [-0.2, -0.15) is 0 Å². The molecule has 0 aliphatic heterocycles. The SMILES string of the molecule is O=S(=O)(CCCO)NC1CCC1. The fourth-order valence-electron chi connectivity index (χ4n) is 1.09. The van der Waals surface area contributed by atoms with Crippen molar-refractivity contribution in [2.24, 2.45) is 0 Å². The van der Waals surface area contributed by atoms with Gasteiger partial charge in [-0.3, -0.25) is 0 Å². The second-order valence-electron chi connectivity index (χ2n) is 3.14. The third-order valence-electron chi connectivity index (χ3n) is 2.02. The van der Waals surface area contributed by atoms with Gasteiger partial charge in [0.05, 0.1) is 5.75 Å². The van der Waals surface area contributed by atoms with Crippen molar-refractivity contribution in [3.63, 3.8) is 0 Å². The molecule has 0 aromatic heterocycles. The summed E-state index contributed by atoms with van der Waals surface area (Å²) in [5.74, 6) is 0.0417. The monoisotopic (exact) mass is 193 g/mol. The first-order chi connectivity index (χ1) is 5.64. The van der Waals surface area contributed by atoms with Crippen molar-refractivity contribution in [2.45, 2.75) is 31.7 Å². The molecule has 1 saturated carbocycles. The van der Waals surface area contributed by atoms with E-state index in [2.05, 4.69) is 4.72 Å². The topological polar surface area (TPSA) is 66.4 Å². The number of nitrogens with one attached hydrogen (secondary N) is 1. The molecule has 0 aromatic carbocycles. The normalized spacial score (nSPS) is 19.1. The van der Waals surface area contributed by atoms with Gasteiger partial charge in [0.25, 0.3) is 0 Å². The molecule has 0 radical (unpaired) electrons. The van der Waals surface area contributed by atoms with Crippen LogP contribution in [-0.4, -0.2) is 31.9 Å². The van der Waals surface area contributed by atoms with Gasteiger partial charge in [-0.25, -0.2) is 13.1 Å². The summed E-state index contributed by atoms with van der Waals surface area (Å²) in [5.41, 5.74) is 0. The fraction of sp³-hybridized carbons (Fsp3) is 1.00. The highest BCUT2D eigenvalue weighted by Crippen LogP contribution is 2.18. The molecule has 0 unspecified atom stereocenters. The van der Waals surface area contributed by atoms with E-state index in [9.17, 15) is 8.42 Å². The molecule has 0 bridgehead atoms. The van der Waals surface area contributed by atoms with Crippen molar-refractivity contribution >= 4 is 10.0 Å². The van der Waals surface area contributed by atoms with Gasteiger partial charge in [0.1, 0.15) is 0 Å². The van der Waals surface area contributed by atoms with Crippen LogP contribution in [0.4, 0.5) is 0 Å². The molecule has 5 heteroatoms. The zero-order valence-electron chi connectivity index (χ0n) is 6.99. The minimum atomic E-state index is -3.11. The van der Waals surface area contributed by atoms with Crippen LogP contribution in [0.3, 0.4) is 0 Å². The van der Waals surface area contributed by atoms with Crippen molar-refractivity contribution in [2.75, 3.05) is 12.4 Å². The number of aliphatic hydroxyl groups excluding tert-OH is 1. The molecule has 0 heterocycles. The second kappa shape index (κ2) is 4.20. The first kappa shape index (κ1) is 9.95. The molecule has 1 aliphatic carbocycles. The van der Waals surface area contributed by atoms with E-state index in [0.29, 0.717) is 6.42 Å². The first-order valence-corrected chi connectivity index (χ1v) is 5.90. The highest BCUT2D eigenvalue weighted by Gasteiger charge is 2.22. The van der Waals surface area contributed by atoms with Crippen LogP contribution in [0.15, 0.2) is 0 Å². The van der Waals surface area contributed by atoms with E-state index in [-0.39, 0.29) is 18.4 Å². The van der Waals surface area contributed by atoms with Gasteiger partial charge in [-0.05, 0) is 19.3 Å². The average molecular weight is 193 g/mol. The standard InChI is InChI=1S/C7H15NO3S/c9-5-2-6-12(10,11)8-7-3-1-4-7/h7-9H,1-6H2. The lowest BCUT2D eigenvalue weighted by Crippen LogP contribution is -2.40. The van der Waals surface area contributed by atoms with Gasteiger partial charge in [0, 0.05) is 12.6 Å². The molecule has 0 amide bonds. The Kier molecular flexibility index (Phi) is 3.49. The minimum absolute atomic E-state index is 0.0417. The molecule has 0 saturated heterocycles. The summed E-state index contributed by atoms with van der Waals surface area (Å²) in [6.07, 6.45) is 3.35. The van der Waals surface area contributed by atoms with E-state index >= 15 is 0 Å². The lowest BCUT2D eigenvalue weighted by molar-refractivity contribution is 0.294. The quantitative estimate of drug-likeness (QED) is 0.637. The Bertz CT molecular complexity index is 221. The molecule has 1 fully saturated rings. The molecule has 0 atom stereocenters. The Morgan fingerprint density at radius 3 is 2.50 bits per heavy atom. The van der Waals surface area contributed by atoms with Crippen molar-refractivity contribution < 1.29 is 13.5 Å². The highest BCUT2D eigenvalue weighted by molar-refractivity contribution is 7.89. The molecule has 0 spiro atoms. The van der Waals surface area contributed by atoms with E-state index in [1.807, 2.05) is 0 Å². The number of sulfonamides is 1. The van der Waals surface area contributed by atoms with Gasteiger partial charge >= 0.3 is 0 Å². The van der Waals surface area contributed by atoms with E-state index in [4.69, 9.17) is 5.11 Å².